The largest absolute Gasteiger partial charge is 0.399 e. The van der Waals surface area contributed by atoms with E-state index in [0.29, 0.717) is 16.4 Å². The monoisotopic (exact) mass is 287 g/mol. The Bertz CT molecular complexity index is 454. The molecule has 0 saturated carbocycles. The van der Waals surface area contributed by atoms with Crippen LogP contribution in [-0.2, 0) is 9.59 Å². The quantitative estimate of drug-likeness (QED) is 0.714. The van der Waals surface area contributed by atoms with E-state index in [9.17, 15) is 9.59 Å². The summed E-state index contributed by atoms with van der Waals surface area (Å²) in [5.74, 6) is 0.113. The molecule has 0 unspecified atom stereocenters. The van der Waals surface area contributed by atoms with Gasteiger partial charge in [0.1, 0.15) is 0 Å². The van der Waals surface area contributed by atoms with Gasteiger partial charge >= 0.3 is 0 Å². The zero-order valence-corrected chi connectivity index (χ0v) is 11.4. The third-order valence-corrected chi connectivity index (χ3v) is 3.26. The molecule has 0 aliphatic heterocycles. The van der Waals surface area contributed by atoms with E-state index < -0.39 is 0 Å². The van der Waals surface area contributed by atoms with Gasteiger partial charge < -0.3 is 16.4 Å². The van der Waals surface area contributed by atoms with Gasteiger partial charge in [-0.25, -0.2) is 0 Å². The summed E-state index contributed by atoms with van der Waals surface area (Å²) in [6.07, 6.45) is 0. The van der Waals surface area contributed by atoms with Crippen molar-refractivity contribution in [3.05, 3.63) is 23.2 Å². The van der Waals surface area contributed by atoms with E-state index in [2.05, 4.69) is 10.6 Å². The predicted octanol–water partition coefficient (Wildman–Crippen LogP) is 1.34. The summed E-state index contributed by atoms with van der Waals surface area (Å²) < 4.78 is 0. The average Bonchev–Trinajstić information content (AvgIpc) is 2.32. The molecule has 0 saturated heterocycles. The van der Waals surface area contributed by atoms with Crippen LogP contribution in [0.4, 0.5) is 11.4 Å². The second-order valence-electron chi connectivity index (χ2n) is 3.45. The number of carbonyl (C=O) groups is 2. The highest BCUT2D eigenvalue weighted by Crippen LogP contribution is 2.24. The van der Waals surface area contributed by atoms with Crippen LogP contribution in [0.15, 0.2) is 18.2 Å². The SMILES string of the molecule is CNC(=O)CSCC(=O)Nc1ccc(N)cc1Cl. The number of benzene rings is 1. The Morgan fingerprint density at radius 1 is 1.33 bits per heavy atom. The van der Waals surface area contributed by atoms with Crippen molar-refractivity contribution >= 4 is 46.6 Å². The third kappa shape index (κ3) is 4.85. The van der Waals surface area contributed by atoms with Crippen LogP contribution < -0.4 is 16.4 Å². The molecule has 0 radical (unpaired) electrons. The Hall–Kier alpha value is -1.40. The number of hydrogen-bond acceptors (Lipinski definition) is 4. The second kappa shape index (κ2) is 7.13. The first kappa shape index (κ1) is 14.7. The maximum absolute atomic E-state index is 11.6. The van der Waals surface area contributed by atoms with Crippen LogP contribution in [0.25, 0.3) is 0 Å². The van der Waals surface area contributed by atoms with Gasteiger partial charge in [-0.1, -0.05) is 11.6 Å². The van der Waals surface area contributed by atoms with Gasteiger partial charge in [-0.3, -0.25) is 9.59 Å². The molecule has 5 nitrogen and oxygen atoms in total. The average molecular weight is 288 g/mol. The summed E-state index contributed by atoms with van der Waals surface area (Å²) in [7, 11) is 1.55. The first-order valence-corrected chi connectivity index (χ1v) is 6.69. The normalized spacial score (nSPS) is 9.89. The number of nitrogen functional groups attached to an aromatic ring is 1. The number of hydrogen-bond donors (Lipinski definition) is 3. The number of nitrogens with two attached hydrogens (primary N) is 1. The predicted molar refractivity (Wildman–Crippen MR) is 75.9 cm³/mol. The lowest BCUT2D eigenvalue weighted by atomic mass is 10.3. The van der Waals surface area contributed by atoms with Crippen LogP contribution in [0.3, 0.4) is 0 Å². The maximum Gasteiger partial charge on any atom is 0.234 e. The van der Waals surface area contributed by atoms with E-state index in [0.717, 1.165) is 0 Å². The Morgan fingerprint density at radius 2 is 2.00 bits per heavy atom. The van der Waals surface area contributed by atoms with Gasteiger partial charge in [0.15, 0.2) is 0 Å². The van der Waals surface area contributed by atoms with Crippen molar-refractivity contribution in [1.82, 2.24) is 5.32 Å². The van der Waals surface area contributed by atoms with Crippen molar-refractivity contribution < 1.29 is 9.59 Å². The molecule has 4 N–H and O–H groups in total. The molecule has 0 atom stereocenters. The minimum atomic E-state index is -0.212. The molecule has 0 aromatic heterocycles. The first-order chi connectivity index (χ1) is 8.52. The van der Waals surface area contributed by atoms with Crippen LogP contribution in [-0.4, -0.2) is 30.4 Å². The van der Waals surface area contributed by atoms with Gasteiger partial charge in [0, 0.05) is 12.7 Å². The lowest BCUT2D eigenvalue weighted by Gasteiger charge is -2.07. The highest BCUT2D eigenvalue weighted by Gasteiger charge is 2.07. The zero-order chi connectivity index (χ0) is 13.5. The summed E-state index contributed by atoms with van der Waals surface area (Å²) in [4.78, 5) is 22.5. The fourth-order valence-corrected chi connectivity index (χ4v) is 2.05. The number of halogens is 1. The first-order valence-electron chi connectivity index (χ1n) is 5.16. The molecule has 1 aromatic carbocycles. The number of carbonyl (C=O) groups excluding carboxylic acids is 2. The van der Waals surface area contributed by atoms with E-state index in [1.165, 1.54) is 11.8 Å². The van der Waals surface area contributed by atoms with Crippen LogP contribution in [0.1, 0.15) is 0 Å². The number of rotatable bonds is 5. The molecule has 0 bridgehead atoms. The molecule has 98 valence electrons. The summed E-state index contributed by atoms with van der Waals surface area (Å²) in [6, 6.07) is 4.85. The Balaban J connectivity index is 2.42. The maximum atomic E-state index is 11.6. The van der Waals surface area contributed by atoms with Crippen molar-refractivity contribution in [2.75, 3.05) is 29.6 Å². The fourth-order valence-electron chi connectivity index (χ4n) is 1.13. The van der Waals surface area contributed by atoms with E-state index >= 15 is 0 Å². The Labute approximate surface area is 114 Å². The van der Waals surface area contributed by atoms with Gasteiger partial charge in [-0.15, -0.1) is 11.8 Å². The topological polar surface area (TPSA) is 84.2 Å². The highest BCUT2D eigenvalue weighted by atomic mass is 35.5. The van der Waals surface area contributed by atoms with Crippen molar-refractivity contribution in [3.63, 3.8) is 0 Å². The lowest BCUT2D eigenvalue weighted by Crippen LogP contribution is -2.22. The molecule has 18 heavy (non-hydrogen) atoms. The van der Waals surface area contributed by atoms with Crippen molar-refractivity contribution in [2.45, 2.75) is 0 Å². The minimum Gasteiger partial charge on any atom is -0.399 e. The second-order valence-corrected chi connectivity index (χ2v) is 4.85. The molecule has 0 heterocycles. The molecule has 0 fully saturated rings. The Morgan fingerprint density at radius 3 is 2.61 bits per heavy atom. The van der Waals surface area contributed by atoms with Crippen LogP contribution in [0, 0.1) is 0 Å². The van der Waals surface area contributed by atoms with Crippen molar-refractivity contribution in [2.24, 2.45) is 0 Å². The molecule has 7 heteroatoms. The molecular formula is C11H14ClN3O2S. The summed E-state index contributed by atoms with van der Waals surface area (Å²) in [6.45, 7) is 0. The highest BCUT2D eigenvalue weighted by molar-refractivity contribution is 8.00. The zero-order valence-electron chi connectivity index (χ0n) is 9.83. The summed E-state index contributed by atoms with van der Waals surface area (Å²) in [5, 5.41) is 5.52. The van der Waals surface area contributed by atoms with Gasteiger partial charge in [0.05, 0.1) is 22.2 Å². The molecule has 0 spiro atoms. The van der Waals surface area contributed by atoms with E-state index in [4.69, 9.17) is 17.3 Å². The summed E-state index contributed by atoms with van der Waals surface area (Å²) in [5.41, 5.74) is 6.59. The molecular weight excluding hydrogens is 274 g/mol. The number of anilines is 2. The van der Waals surface area contributed by atoms with Crippen molar-refractivity contribution in [1.29, 1.82) is 0 Å². The molecule has 1 aromatic rings. The van der Waals surface area contributed by atoms with Crippen LogP contribution >= 0.6 is 23.4 Å². The standard InChI is InChI=1S/C11H14ClN3O2S/c1-14-10(16)5-18-6-11(17)15-9-3-2-7(13)4-8(9)12/h2-4H,5-6,13H2,1H3,(H,14,16)(H,15,17). The van der Waals surface area contributed by atoms with E-state index in [-0.39, 0.29) is 23.3 Å². The van der Waals surface area contributed by atoms with Crippen LogP contribution in [0.5, 0.6) is 0 Å². The van der Waals surface area contributed by atoms with Crippen LogP contribution in [0.2, 0.25) is 5.02 Å². The molecule has 1 rings (SSSR count). The smallest absolute Gasteiger partial charge is 0.234 e. The third-order valence-electron chi connectivity index (χ3n) is 2.01. The van der Waals surface area contributed by atoms with Gasteiger partial charge in [0.2, 0.25) is 11.8 Å². The molecule has 0 aliphatic rings. The van der Waals surface area contributed by atoms with E-state index in [1.807, 2.05) is 0 Å². The lowest BCUT2D eigenvalue weighted by molar-refractivity contribution is -0.118. The molecule has 0 aliphatic carbocycles. The number of amides is 2. The Kier molecular flexibility index (Phi) is 5.80. The summed E-state index contributed by atoms with van der Waals surface area (Å²) >= 11 is 7.15. The number of thioether (sulfide) groups is 1. The molecule has 2 amide bonds. The van der Waals surface area contributed by atoms with Gasteiger partial charge in [-0.05, 0) is 18.2 Å². The van der Waals surface area contributed by atoms with Gasteiger partial charge in [-0.2, -0.15) is 0 Å². The number of nitrogens with one attached hydrogen (secondary N) is 2. The van der Waals surface area contributed by atoms with Gasteiger partial charge in [0.25, 0.3) is 0 Å². The van der Waals surface area contributed by atoms with E-state index in [1.54, 1.807) is 25.2 Å². The van der Waals surface area contributed by atoms with Crippen molar-refractivity contribution in [3.8, 4) is 0 Å². The fraction of sp³-hybridized carbons (Fsp3) is 0.273. The minimum absolute atomic E-state index is 0.113.